The van der Waals surface area contributed by atoms with Crippen LogP contribution in [0.15, 0.2) is 0 Å². The summed E-state index contributed by atoms with van der Waals surface area (Å²) in [7, 11) is 1.25. The number of nitrogens with zero attached hydrogens (tertiary/aromatic N) is 1. The van der Waals surface area contributed by atoms with Crippen LogP contribution < -0.4 is 0 Å². The van der Waals surface area contributed by atoms with Gasteiger partial charge in [0.1, 0.15) is 0 Å². The Labute approximate surface area is 92.9 Å². The number of rotatable bonds is 1. The van der Waals surface area contributed by atoms with Crippen LogP contribution in [0.1, 0.15) is 20.3 Å². The van der Waals surface area contributed by atoms with Crippen molar-refractivity contribution in [3.05, 3.63) is 0 Å². The molecule has 0 aliphatic carbocycles. The smallest absolute Gasteiger partial charge is 0.324 e. The van der Waals surface area contributed by atoms with E-state index in [0.29, 0.717) is 6.61 Å². The molecule has 1 amide bonds. The second kappa shape index (κ2) is 2.87. The van der Waals surface area contributed by atoms with Gasteiger partial charge in [0.2, 0.25) is 5.91 Å². The molecule has 1 unspecified atom stereocenters. The van der Waals surface area contributed by atoms with Crippen LogP contribution in [0.5, 0.6) is 0 Å². The average molecular weight is 254 g/mol. The maximum Gasteiger partial charge on any atom is 0.324 e. The van der Waals surface area contributed by atoms with E-state index in [-0.39, 0.29) is 18.4 Å². The van der Waals surface area contributed by atoms with Crippen molar-refractivity contribution in [2.24, 2.45) is 5.41 Å². The predicted molar refractivity (Wildman–Crippen MR) is 53.6 cm³/mol. The van der Waals surface area contributed by atoms with E-state index in [1.54, 1.807) is 0 Å². The van der Waals surface area contributed by atoms with Crippen molar-refractivity contribution in [1.29, 1.82) is 0 Å². The van der Waals surface area contributed by atoms with Crippen LogP contribution in [0.4, 0.5) is 0 Å². The molecule has 2 fully saturated rings. The van der Waals surface area contributed by atoms with Crippen molar-refractivity contribution in [2.45, 2.75) is 25.8 Å². The summed E-state index contributed by atoms with van der Waals surface area (Å²) in [6.07, 6.45) is 0.186. The molecule has 2 rings (SSSR count). The van der Waals surface area contributed by atoms with Crippen molar-refractivity contribution < 1.29 is 17.9 Å². The molecule has 0 aromatic rings. The quantitative estimate of drug-likeness (QED) is 0.504. The lowest BCUT2D eigenvalue weighted by Gasteiger charge is -2.52. The molecule has 1 spiro atoms. The zero-order chi connectivity index (χ0) is 11.5. The lowest BCUT2D eigenvalue weighted by molar-refractivity contribution is -0.151. The first-order chi connectivity index (χ1) is 6.71. The zero-order valence-electron chi connectivity index (χ0n) is 8.49. The minimum atomic E-state index is -4.00. The molecule has 0 radical (unpaired) electrons. The Morgan fingerprint density at radius 2 is 2.00 bits per heavy atom. The fourth-order valence-corrected chi connectivity index (χ4v) is 4.02. The van der Waals surface area contributed by atoms with Crippen molar-refractivity contribution in [2.75, 3.05) is 13.2 Å². The molecule has 0 aromatic carbocycles. The number of hydrogen-bond acceptors (Lipinski definition) is 4. The van der Waals surface area contributed by atoms with E-state index in [1.165, 1.54) is 0 Å². The summed E-state index contributed by atoms with van der Waals surface area (Å²) in [4.78, 5) is 11.3. The Hall–Kier alpha value is -0.330. The lowest BCUT2D eigenvalue weighted by atomic mass is 9.68. The number of hydrogen-bond donors (Lipinski definition) is 0. The summed E-state index contributed by atoms with van der Waals surface area (Å²) < 4.78 is 28.6. The summed E-state index contributed by atoms with van der Waals surface area (Å²) in [5.74, 6) is -0.455. The number of ether oxygens (including phenoxy) is 1. The second-order valence-electron chi connectivity index (χ2n) is 4.69. The second-order valence-corrected chi connectivity index (χ2v) is 7.04. The SMILES string of the molecule is CC1(C)COCC12CC(=O)N2S(=O)(=O)Cl. The molecule has 2 aliphatic rings. The Morgan fingerprint density at radius 3 is 2.33 bits per heavy atom. The highest BCUT2D eigenvalue weighted by atomic mass is 35.7. The molecule has 86 valence electrons. The average Bonchev–Trinajstić information content (AvgIpc) is 2.23. The van der Waals surface area contributed by atoms with Crippen LogP contribution in [0, 0.1) is 5.41 Å². The number of carbonyl (C=O) groups excluding carboxylic acids is 1. The number of carbonyl (C=O) groups is 1. The minimum Gasteiger partial charge on any atom is -0.378 e. The Kier molecular flexibility index (Phi) is 2.13. The molecule has 0 N–H and O–H groups in total. The number of halogens is 1. The van der Waals surface area contributed by atoms with Crippen LogP contribution in [-0.2, 0) is 18.8 Å². The van der Waals surface area contributed by atoms with Crippen molar-refractivity contribution in [1.82, 2.24) is 4.31 Å². The topological polar surface area (TPSA) is 63.7 Å². The van der Waals surface area contributed by atoms with Gasteiger partial charge in [0.05, 0.1) is 25.2 Å². The Morgan fingerprint density at radius 1 is 1.40 bits per heavy atom. The first kappa shape index (κ1) is 11.2. The molecule has 0 bridgehead atoms. The van der Waals surface area contributed by atoms with Gasteiger partial charge >= 0.3 is 9.24 Å². The molecular formula is C8H12ClNO4S. The van der Waals surface area contributed by atoms with Crippen LogP contribution in [0.3, 0.4) is 0 Å². The monoisotopic (exact) mass is 253 g/mol. The third-order valence-electron chi connectivity index (χ3n) is 3.34. The molecular weight excluding hydrogens is 242 g/mol. The van der Waals surface area contributed by atoms with E-state index < -0.39 is 20.7 Å². The van der Waals surface area contributed by atoms with Gasteiger partial charge in [0.15, 0.2) is 0 Å². The molecule has 0 saturated carbocycles. The van der Waals surface area contributed by atoms with Crippen LogP contribution in [0.2, 0.25) is 0 Å². The van der Waals surface area contributed by atoms with E-state index in [9.17, 15) is 13.2 Å². The summed E-state index contributed by atoms with van der Waals surface area (Å²) in [6.45, 7) is 4.42. The molecule has 2 heterocycles. The van der Waals surface area contributed by atoms with E-state index in [1.807, 2.05) is 13.8 Å². The first-order valence-corrected chi connectivity index (χ1v) is 6.83. The van der Waals surface area contributed by atoms with Crippen molar-refractivity contribution in [3.8, 4) is 0 Å². The molecule has 2 saturated heterocycles. The van der Waals surface area contributed by atoms with E-state index >= 15 is 0 Å². The van der Waals surface area contributed by atoms with Gasteiger partial charge in [-0.1, -0.05) is 13.8 Å². The summed E-state index contributed by atoms with van der Waals surface area (Å²) in [6, 6.07) is 0. The van der Waals surface area contributed by atoms with E-state index in [0.717, 1.165) is 4.31 Å². The van der Waals surface area contributed by atoms with Crippen LogP contribution >= 0.6 is 10.7 Å². The number of β-lactam (4-membered cyclic amide) rings is 1. The third-order valence-corrected chi connectivity index (χ3v) is 4.74. The fraction of sp³-hybridized carbons (Fsp3) is 0.875. The van der Waals surface area contributed by atoms with Gasteiger partial charge in [-0.3, -0.25) is 4.79 Å². The Bertz CT molecular complexity index is 418. The molecule has 5 nitrogen and oxygen atoms in total. The highest BCUT2D eigenvalue weighted by Gasteiger charge is 2.66. The predicted octanol–water partition coefficient (Wildman–Crippen LogP) is 0.498. The molecule has 0 aromatic heterocycles. The number of amides is 1. The summed E-state index contributed by atoms with van der Waals surface area (Å²) >= 11 is 0. The third kappa shape index (κ3) is 1.31. The van der Waals surface area contributed by atoms with Gasteiger partial charge in [-0.25, -0.2) is 4.31 Å². The van der Waals surface area contributed by atoms with Gasteiger partial charge in [-0.05, 0) is 0 Å². The molecule has 7 heteroatoms. The molecule has 15 heavy (non-hydrogen) atoms. The summed E-state index contributed by atoms with van der Waals surface area (Å²) in [5, 5.41) is 0. The minimum absolute atomic E-state index is 0.186. The largest absolute Gasteiger partial charge is 0.378 e. The maximum absolute atomic E-state index is 11.3. The van der Waals surface area contributed by atoms with Gasteiger partial charge in [-0.15, -0.1) is 0 Å². The van der Waals surface area contributed by atoms with E-state index in [4.69, 9.17) is 15.4 Å². The van der Waals surface area contributed by atoms with Gasteiger partial charge < -0.3 is 4.74 Å². The summed E-state index contributed by atoms with van der Waals surface area (Å²) in [5.41, 5.74) is -1.16. The lowest BCUT2D eigenvalue weighted by Crippen LogP contribution is -2.70. The molecule has 1 atom stereocenters. The van der Waals surface area contributed by atoms with Crippen molar-refractivity contribution in [3.63, 3.8) is 0 Å². The van der Waals surface area contributed by atoms with Crippen LogP contribution in [0.25, 0.3) is 0 Å². The molecule has 2 aliphatic heterocycles. The normalized spacial score (nSPS) is 34.6. The zero-order valence-corrected chi connectivity index (χ0v) is 10.1. The fourth-order valence-electron chi connectivity index (χ4n) is 2.30. The maximum atomic E-state index is 11.3. The first-order valence-electron chi connectivity index (χ1n) is 4.56. The highest BCUT2D eigenvalue weighted by Crippen LogP contribution is 2.52. The van der Waals surface area contributed by atoms with Crippen LogP contribution in [-0.4, -0.2) is 37.4 Å². The highest BCUT2D eigenvalue weighted by molar-refractivity contribution is 8.12. The Balaban J connectivity index is 2.44. The van der Waals surface area contributed by atoms with Gasteiger partial charge in [-0.2, -0.15) is 8.42 Å². The van der Waals surface area contributed by atoms with E-state index in [2.05, 4.69) is 0 Å². The van der Waals surface area contributed by atoms with Gasteiger partial charge in [0, 0.05) is 16.1 Å². The van der Waals surface area contributed by atoms with Crippen molar-refractivity contribution >= 4 is 25.8 Å². The van der Waals surface area contributed by atoms with Gasteiger partial charge in [0.25, 0.3) is 0 Å². The standard InChI is InChI=1S/C8H12ClNO4S/c1-7(2)4-14-5-8(7)3-6(11)10(8)15(9,12)13/h3-5H2,1-2H3.